The second-order valence-corrected chi connectivity index (χ2v) is 3.60. The number of halogens is 2. The summed E-state index contributed by atoms with van der Waals surface area (Å²) in [7, 11) is 2.70. The monoisotopic (exact) mass is 288 g/mol. The molecule has 1 aromatic carbocycles. The summed E-state index contributed by atoms with van der Waals surface area (Å²) < 4.78 is 33.4. The second-order valence-electron chi connectivity index (χ2n) is 3.60. The van der Waals surface area contributed by atoms with Gasteiger partial charge in [-0.15, -0.1) is 0 Å². The van der Waals surface area contributed by atoms with Gasteiger partial charge in [0.25, 0.3) is 5.91 Å². The molecule has 0 heterocycles. The number of amides is 2. The minimum Gasteiger partial charge on any atom is -0.493 e. The minimum atomic E-state index is -2.99. The van der Waals surface area contributed by atoms with Crippen LogP contribution in [0.2, 0.25) is 0 Å². The molecule has 0 aliphatic heterocycles. The third-order valence-corrected chi connectivity index (χ3v) is 2.33. The molecular weight excluding hydrogens is 274 g/mol. The van der Waals surface area contributed by atoms with Crippen LogP contribution in [0.1, 0.15) is 10.4 Å². The maximum absolute atomic E-state index is 12.1. The fraction of sp³-hybridized carbons (Fsp3) is 0.333. The van der Waals surface area contributed by atoms with Gasteiger partial charge in [0.1, 0.15) is 0 Å². The summed E-state index contributed by atoms with van der Waals surface area (Å²) in [6, 6.07) is 3.73. The van der Waals surface area contributed by atoms with Gasteiger partial charge in [-0.3, -0.25) is 9.59 Å². The zero-order valence-corrected chi connectivity index (χ0v) is 10.9. The maximum Gasteiger partial charge on any atom is 0.387 e. The topological polar surface area (TPSA) is 76.7 Å². The van der Waals surface area contributed by atoms with Crippen LogP contribution in [-0.2, 0) is 4.79 Å². The van der Waals surface area contributed by atoms with Crippen molar-refractivity contribution in [3.05, 3.63) is 23.8 Å². The van der Waals surface area contributed by atoms with E-state index in [0.29, 0.717) is 0 Å². The summed E-state index contributed by atoms with van der Waals surface area (Å²) in [5, 5.41) is 4.71. The van der Waals surface area contributed by atoms with Crippen LogP contribution in [0.4, 0.5) is 8.78 Å². The van der Waals surface area contributed by atoms with Gasteiger partial charge in [-0.1, -0.05) is 0 Å². The molecule has 0 fully saturated rings. The average Bonchev–Trinajstić information content (AvgIpc) is 2.44. The number of methoxy groups -OCH3 is 1. The summed E-state index contributed by atoms with van der Waals surface area (Å²) in [6.45, 7) is -3.18. The molecule has 0 saturated carbocycles. The number of carbonyl (C=O) groups is 2. The van der Waals surface area contributed by atoms with Gasteiger partial charge >= 0.3 is 6.61 Å². The predicted molar refractivity (Wildman–Crippen MR) is 66.0 cm³/mol. The Morgan fingerprint density at radius 3 is 2.55 bits per heavy atom. The van der Waals surface area contributed by atoms with Crippen molar-refractivity contribution < 1.29 is 27.8 Å². The highest BCUT2D eigenvalue weighted by Crippen LogP contribution is 2.29. The lowest BCUT2D eigenvalue weighted by Gasteiger charge is -2.11. The number of likely N-dealkylation sites (N-methyl/N-ethyl adjacent to an activating group) is 1. The first kappa shape index (κ1) is 15.7. The van der Waals surface area contributed by atoms with E-state index < -0.39 is 12.5 Å². The number of benzene rings is 1. The molecule has 0 spiro atoms. The van der Waals surface area contributed by atoms with Crippen molar-refractivity contribution in [2.24, 2.45) is 0 Å². The van der Waals surface area contributed by atoms with Crippen LogP contribution in [0.25, 0.3) is 0 Å². The first-order valence-corrected chi connectivity index (χ1v) is 5.59. The Balaban J connectivity index is 2.81. The molecule has 2 N–H and O–H groups in total. The van der Waals surface area contributed by atoms with Gasteiger partial charge in [-0.2, -0.15) is 8.78 Å². The number of hydrogen-bond acceptors (Lipinski definition) is 4. The Hall–Kier alpha value is -2.38. The fourth-order valence-corrected chi connectivity index (χ4v) is 1.35. The largest absolute Gasteiger partial charge is 0.493 e. The van der Waals surface area contributed by atoms with Gasteiger partial charge in [0.2, 0.25) is 5.91 Å². The number of carbonyl (C=O) groups excluding carboxylic acids is 2. The minimum absolute atomic E-state index is 0.00195. The molecule has 0 aliphatic rings. The van der Waals surface area contributed by atoms with E-state index in [1.54, 1.807) is 0 Å². The van der Waals surface area contributed by atoms with Crippen molar-refractivity contribution in [3.63, 3.8) is 0 Å². The molecule has 2 amide bonds. The van der Waals surface area contributed by atoms with Crippen LogP contribution in [0.15, 0.2) is 18.2 Å². The molecule has 8 heteroatoms. The highest BCUT2D eigenvalue weighted by molar-refractivity contribution is 5.97. The smallest absolute Gasteiger partial charge is 0.387 e. The summed E-state index contributed by atoms with van der Waals surface area (Å²) in [5.74, 6) is -1.07. The molecule has 0 saturated heterocycles. The lowest BCUT2D eigenvalue weighted by atomic mass is 10.2. The molecule has 1 rings (SSSR count). The number of hydrogen-bond donors (Lipinski definition) is 2. The lowest BCUT2D eigenvalue weighted by molar-refractivity contribution is -0.119. The van der Waals surface area contributed by atoms with Crippen LogP contribution >= 0.6 is 0 Å². The van der Waals surface area contributed by atoms with E-state index in [1.165, 1.54) is 32.4 Å². The summed E-state index contributed by atoms with van der Waals surface area (Å²) in [4.78, 5) is 22.7. The Morgan fingerprint density at radius 2 is 2.00 bits per heavy atom. The number of ether oxygens (including phenoxy) is 2. The van der Waals surface area contributed by atoms with Crippen molar-refractivity contribution >= 4 is 11.8 Å². The first-order valence-electron chi connectivity index (χ1n) is 5.59. The molecular formula is C12H14F2N2O4. The van der Waals surface area contributed by atoms with E-state index in [0.717, 1.165) is 0 Å². The Morgan fingerprint density at radius 1 is 1.30 bits per heavy atom. The van der Waals surface area contributed by atoms with Gasteiger partial charge in [0, 0.05) is 12.6 Å². The highest BCUT2D eigenvalue weighted by Gasteiger charge is 2.14. The van der Waals surface area contributed by atoms with Crippen molar-refractivity contribution in [3.8, 4) is 11.5 Å². The van der Waals surface area contributed by atoms with Gasteiger partial charge in [-0.25, -0.2) is 0 Å². The van der Waals surface area contributed by atoms with Crippen molar-refractivity contribution in [2.75, 3.05) is 20.7 Å². The van der Waals surface area contributed by atoms with E-state index >= 15 is 0 Å². The van der Waals surface area contributed by atoms with Crippen molar-refractivity contribution in [2.45, 2.75) is 6.61 Å². The van der Waals surface area contributed by atoms with Gasteiger partial charge in [0.05, 0.1) is 13.7 Å². The molecule has 1 aromatic rings. The van der Waals surface area contributed by atoms with Crippen LogP contribution in [-0.4, -0.2) is 39.1 Å². The fourth-order valence-electron chi connectivity index (χ4n) is 1.35. The van der Waals surface area contributed by atoms with Gasteiger partial charge in [0.15, 0.2) is 11.5 Å². The molecule has 110 valence electrons. The van der Waals surface area contributed by atoms with Crippen LogP contribution in [0.5, 0.6) is 11.5 Å². The summed E-state index contributed by atoms with van der Waals surface area (Å²) in [5.41, 5.74) is 0.160. The molecule has 0 aromatic heterocycles. The first-order chi connectivity index (χ1) is 9.47. The SMILES string of the molecule is CNC(=O)CNC(=O)c1ccc(OC(F)F)c(OC)c1. The Kier molecular flexibility index (Phi) is 5.70. The molecule has 0 unspecified atom stereocenters. The molecule has 0 aliphatic carbocycles. The van der Waals surface area contributed by atoms with Crippen LogP contribution in [0, 0.1) is 0 Å². The third-order valence-electron chi connectivity index (χ3n) is 2.33. The van der Waals surface area contributed by atoms with E-state index in [9.17, 15) is 18.4 Å². The Labute approximate surface area is 114 Å². The summed E-state index contributed by atoms with van der Waals surface area (Å²) in [6.07, 6.45) is 0. The zero-order valence-electron chi connectivity index (χ0n) is 10.9. The highest BCUT2D eigenvalue weighted by atomic mass is 19.3. The molecule has 0 atom stereocenters. The Bertz CT molecular complexity index is 494. The van der Waals surface area contributed by atoms with E-state index in [1.807, 2.05) is 0 Å². The lowest BCUT2D eigenvalue weighted by Crippen LogP contribution is -2.35. The van der Waals surface area contributed by atoms with Crippen LogP contribution in [0.3, 0.4) is 0 Å². The third kappa shape index (κ3) is 4.38. The maximum atomic E-state index is 12.1. The summed E-state index contributed by atoms with van der Waals surface area (Å²) >= 11 is 0. The van der Waals surface area contributed by atoms with Gasteiger partial charge in [-0.05, 0) is 18.2 Å². The zero-order chi connectivity index (χ0) is 15.1. The van der Waals surface area contributed by atoms with Gasteiger partial charge < -0.3 is 20.1 Å². The van der Waals surface area contributed by atoms with E-state index in [-0.39, 0.29) is 29.5 Å². The van der Waals surface area contributed by atoms with Crippen molar-refractivity contribution in [1.29, 1.82) is 0 Å². The van der Waals surface area contributed by atoms with Crippen molar-refractivity contribution in [1.82, 2.24) is 10.6 Å². The van der Waals surface area contributed by atoms with Crippen LogP contribution < -0.4 is 20.1 Å². The quantitative estimate of drug-likeness (QED) is 0.810. The molecule has 6 nitrogen and oxygen atoms in total. The number of rotatable bonds is 6. The van der Waals surface area contributed by atoms with E-state index in [4.69, 9.17) is 4.74 Å². The standard InChI is InChI=1S/C12H14F2N2O4/c1-15-10(17)6-16-11(18)7-3-4-8(20-12(13)14)9(5-7)19-2/h3-5,12H,6H2,1-2H3,(H,15,17)(H,16,18). The number of alkyl halides is 2. The molecule has 0 radical (unpaired) electrons. The van der Waals surface area contributed by atoms with E-state index in [2.05, 4.69) is 15.4 Å². The second kappa shape index (κ2) is 7.27. The molecule has 20 heavy (non-hydrogen) atoms. The predicted octanol–water partition coefficient (Wildman–Crippen LogP) is 0.772. The average molecular weight is 288 g/mol. The molecule has 0 bridgehead atoms. The number of nitrogens with one attached hydrogen (secondary N) is 2. The normalized spacial score (nSPS) is 10.1.